The molecular formula is C58H46FeP4. The summed E-state index contributed by atoms with van der Waals surface area (Å²) in [6, 6.07) is 102. The summed E-state index contributed by atoms with van der Waals surface area (Å²) in [7, 11) is -2.84. The van der Waals surface area contributed by atoms with E-state index in [0.717, 1.165) is 0 Å². The van der Waals surface area contributed by atoms with Gasteiger partial charge >= 0.3 is 17.1 Å². The first kappa shape index (κ1) is 44.3. The second-order valence-electron chi connectivity index (χ2n) is 14.6. The first-order chi connectivity index (χ1) is 30.8. The van der Waals surface area contributed by atoms with Crippen LogP contribution in [-0.2, 0) is 17.1 Å². The summed E-state index contributed by atoms with van der Waals surface area (Å²) in [6.07, 6.45) is 0. The second-order valence-corrected chi connectivity index (χ2v) is 23.4. The molecule has 0 aromatic heterocycles. The van der Waals surface area contributed by atoms with E-state index in [2.05, 4.69) is 279 Å². The van der Waals surface area contributed by atoms with Crippen LogP contribution in [0.15, 0.2) is 279 Å². The third kappa shape index (κ3) is 10.6. The van der Waals surface area contributed by atoms with Crippen molar-refractivity contribution in [2.75, 3.05) is 0 Å². The van der Waals surface area contributed by atoms with Gasteiger partial charge in [0.25, 0.3) is 0 Å². The molecule has 0 saturated heterocycles. The number of hydrogen-bond acceptors (Lipinski definition) is 0. The Balaban J connectivity index is 0.000000239. The van der Waals surface area contributed by atoms with Crippen LogP contribution in [0, 0.1) is 0 Å². The normalized spacial score (nSPS) is 11.0. The van der Waals surface area contributed by atoms with Crippen molar-refractivity contribution in [2.24, 2.45) is 0 Å². The van der Waals surface area contributed by atoms with Crippen molar-refractivity contribution in [3.63, 3.8) is 0 Å². The minimum atomic E-state index is -0.844. The standard InChI is InChI=1S/C41H32P3.C17H14P.Fe/c1-7-19-33(20-8-1)42(34-21-9-2-10-22-34)39-31-32-40(43(35-23-11-3-12-24-35)36-25-13-4-14-26-36)41(39)44(37-27-15-5-16-28-37)38-29-17-6-18-30-38;1-3-9-15(10-4-1)18(17-13-7-8-14-17)16-11-5-2-6-12-16;/h1-32H;1-14H;/q2*-1;+2. The SMILES string of the molecule is [Fe+2].c1ccc(P(c2ccccc2)c2cc[c-](P(c3ccccc3)c3ccccc3)c2P(c2ccccc2)c2ccccc2)cc1.c1ccc(P(c2ccccc2)c2ccc[cH-]2)cc1. The Morgan fingerprint density at radius 3 is 0.905 bits per heavy atom. The molecule has 0 N–H and O–H groups in total. The van der Waals surface area contributed by atoms with Crippen molar-refractivity contribution in [3.05, 3.63) is 279 Å². The molecule has 0 saturated carbocycles. The molecule has 0 atom stereocenters. The predicted octanol–water partition coefficient (Wildman–Crippen LogP) is 9.84. The van der Waals surface area contributed by atoms with Crippen LogP contribution in [0.3, 0.4) is 0 Å². The van der Waals surface area contributed by atoms with Gasteiger partial charge in [0.1, 0.15) is 0 Å². The van der Waals surface area contributed by atoms with Gasteiger partial charge in [0.05, 0.1) is 0 Å². The monoisotopic (exact) mass is 922 g/mol. The molecule has 0 aliphatic heterocycles. The van der Waals surface area contributed by atoms with E-state index < -0.39 is 31.7 Å². The van der Waals surface area contributed by atoms with Crippen molar-refractivity contribution in [3.8, 4) is 0 Å². The minimum absolute atomic E-state index is 0. The molecule has 306 valence electrons. The van der Waals surface area contributed by atoms with E-state index in [1.54, 1.807) is 0 Å². The molecule has 0 aliphatic rings. The fraction of sp³-hybridized carbons (Fsp3) is 0. The Hall–Kier alpha value is -5.30. The van der Waals surface area contributed by atoms with E-state index in [4.69, 9.17) is 0 Å². The summed E-state index contributed by atoms with van der Waals surface area (Å²) in [6.45, 7) is 0. The summed E-state index contributed by atoms with van der Waals surface area (Å²) in [4.78, 5) is 0. The molecule has 0 fully saturated rings. The van der Waals surface area contributed by atoms with Gasteiger partial charge in [-0.2, -0.15) is 23.5 Å². The third-order valence-corrected chi connectivity index (χ3v) is 20.9. The second kappa shape index (κ2) is 22.4. The van der Waals surface area contributed by atoms with E-state index in [1.165, 1.54) is 63.7 Å². The maximum atomic E-state index is 2.47. The van der Waals surface area contributed by atoms with Gasteiger partial charge in [-0.15, -0.1) is 15.9 Å². The summed E-state index contributed by atoms with van der Waals surface area (Å²) < 4.78 is 0. The smallest absolute Gasteiger partial charge is 0.213 e. The molecule has 0 unspecified atom stereocenters. The maximum Gasteiger partial charge on any atom is 2.00 e. The van der Waals surface area contributed by atoms with Gasteiger partial charge in [0.2, 0.25) is 0 Å². The fourth-order valence-electron chi connectivity index (χ4n) is 7.88. The van der Waals surface area contributed by atoms with Crippen LogP contribution in [0.5, 0.6) is 0 Å². The Morgan fingerprint density at radius 1 is 0.286 bits per heavy atom. The molecule has 5 heteroatoms. The summed E-state index contributed by atoms with van der Waals surface area (Å²) in [5.41, 5.74) is 0. The largest absolute Gasteiger partial charge is 2.00 e. The minimum Gasteiger partial charge on any atom is -0.213 e. The van der Waals surface area contributed by atoms with Crippen LogP contribution in [-0.4, -0.2) is 0 Å². The third-order valence-electron chi connectivity index (χ3n) is 10.6. The van der Waals surface area contributed by atoms with Gasteiger partial charge in [0, 0.05) is 0 Å². The van der Waals surface area contributed by atoms with Crippen LogP contribution < -0.4 is 63.7 Å². The van der Waals surface area contributed by atoms with Crippen LogP contribution in [0.25, 0.3) is 0 Å². The Labute approximate surface area is 389 Å². The first-order valence-corrected chi connectivity index (χ1v) is 26.3. The van der Waals surface area contributed by atoms with Gasteiger partial charge in [-0.25, -0.2) is 18.2 Å². The number of hydrogen-bond donors (Lipinski definition) is 0. The molecule has 0 aliphatic carbocycles. The molecule has 0 spiro atoms. The summed E-state index contributed by atoms with van der Waals surface area (Å²) in [5, 5.41) is 17.0. The molecule has 0 nitrogen and oxygen atoms in total. The van der Waals surface area contributed by atoms with Crippen molar-refractivity contribution in [2.45, 2.75) is 0 Å². The van der Waals surface area contributed by atoms with E-state index >= 15 is 0 Å². The Morgan fingerprint density at radius 2 is 0.587 bits per heavy atom. The molecule has 10 rings (SSSR count). The van der Waals surface area contributed by atoms with Crippen molar-refractivity contribution >= 4 is 95.3 Å². The quantitative estimate of drug-likeness (QED) is 0.0651. The topological polar surface area (TPSA) is 0 Å². The van der Waals surface area contributed by atoms with Crippen LogP contribution in [0.2, 0.25) is 0 Å². The molecule has 10 aromatic carbocycles. The van der Waals surface area contributed by atoms with Crippen LogP contribution >= 0.6 is 31.7 Å². The summed E-state index contributed by atoms with van der Waals surface area (Å²) in [5.74, 6) is 0. The van der Waals surface area contributed by atoms with Gasteiger partial charge in [0.15, 0.2) is 0 Å². The molecule has 0 heterocycles. The van der Waals surface area contributed by atoms with Crippen LogP contribution in [0.1, 0.15) is 0 Å². The van der Waals surface area contributed by atoms with Gasteiger partial charge in [-0.1, -0.05) is 258 Å². The van der Waals surface area contributed by atoms with E-state index in [0.29, 0.717) is 0 Å². The zero-order valence-electron chi connectivity index (χ0n) is 34.7. The molecule has 0 amide bonds. The zero-order valence-corrected chi connectivity index (χ0v) is 39.4. The fourth-order valence-corrected chi connectivity index (χ4v) is 18.5. The number of rotatable bonds is 12. The van der Waals surface area contributed by atoms with E-state index in [9.17, 15) is 0 Å². The summed E-state index contributed by atoms with van der Waals surface area (Å²) >= 11 is 0. The molecule has 0 bridgehead atoms. The average molecular weight is 923 g/mol. The van der Waals surface area contributed by atoms with Gasteiger partial charge in [-0.05, 0) is 58.3 Å². The predicted molar refractivity (Wildman–Crippen MR) is 279 cm³/mol. The first-order valence-electron chi connectivity index (χ1n) is 21.0. The number of benzene rings is 8. The zero-order chi connectivity index (χ0) is 41.8. The van der Waals surface area contributed by atoms with Crippen LogP contribution in [0.4, 0.5) is 0 Å². The maximum absolute atomic E-state index is 2.47. The van der Waals surface area contributed by atoms with Gasteiger partial charge in [-0.3, -0.25) is 0 Å². The van der Waals surface area contributed by atoms with Crippen molar-refractivity contribution in [1.82, 2.24) is 0 Å². The Kier molecular flexibility index (Phi) is 15.7. The average Bonchev–Trinajstić information content (AvgIpc) is 4.04. The van der Waals surface area contributed by atoms with E-state index in [1.807, 2.05) is 0 Å². The van der Waals surface area contributed by atoms with Crippen molar-refractivity contribution in [1.29, 1.82) is 0 Å². The van der Waals surface area contributed by atoms with Crippen molar-refractivity contribution < 1.29 is 17.1 Å². The molecule has 63 heavy (non-hydrogen) atoms. The molecule has 10 aromatic rings. The molecule has 0 radical (unpaired) electrons. The Bertz CT molecular complexity index is 2560. The van der Waals surface area contributed by atoms with E-state index in [-0.39, 0.29) is 17.1 Å². The van der Waals surface area contributed by atoms with Gasteiger partial charge < -0.3 is 0 Å². The molecular weight excluding hydrogens is 876 g/mol.